The number of carbonyl (C=O) groups excluding carboxylic acids is 1. The van der Waals surface area contributed by atoms with E-state index < -0.39 is 0 Å². The number of hydrogen-bond acceptors (Lipinski definition) is 3. The molecule has 0 saturated heterocycles. The van der Waals surface area contributed by atoms with E-state index in [4.69, 9.17) is 11.6 Å². The topological polar surface area (TPSA) is 20.3 Å². The molecule has 0 N–H and O–H groups in total. The Morgan fingerprint density at radius 3 is 2.33 bits per heavy atom. The molecule has 1 aromatic heterocycles. The fraction of sp³-hybridized carbons (Fsp3) is 0.276. The Balaban J connectivity index is 0.000000183. The van der Waals surface area contributed by atoms with Gasteiger partial charge in [-0.3, -0.25) is 9.69 Å². The Labute approximate surface area is 205 Å². The molecule has 1 heterocycles. The average Bonchev–Trinajstić information content (AvgIpc) is 3.21. The summed E-state index contributed by atoms with van der Waals surface area (Å²) >= 11 is 7.36. The molecule has 1 aliphatic rings. The van der Waals surface area contributed by atoms with Gasteiger partial charge in [0, 0.05) is 22.7 Å². The maximum absolute atomic E-state index is 10.5. The molecule has 0 bridgehead atoms. The quantitative estimate of drug-likeness (QED) is 0.270. The minimum atomic E-state index is 0.575. The standard InChI is InChI=1S/C20H25N.C9H5ClOS/c1-21(20-13-6-3-7-14-20)16-17-9-8-12-19(15-17)18-10-4-2-5-11-18;10-9-6-3-1-2-4-7(6)12-8(9)5-11/h2,4-5,8-12,15,20H,3,6-7,13-14,16H2,1H3;1-5H. The lowest BCUT2D eigenvalue weighted by Gasteiger charge is -2.31. The van der Waals surface area contributed by atoms with E-state index in [1.54, 1.807) is 0 Å². The van der Waals surface area contributed by atoms with Crippen molar-refractivity contribution in [2.24, 2.45) is 0 Å². The molecule has 4 heteroatoms. The smallest absolute Gasteiger partial charge is 0.161 e. The van der Waals surface area contributed by atoms with Crippen LogP contribution < -0.4 is 0 Å². The van der Waals surface area contributed by atoms with Crippen molar-refractivity contribution in [1.82, 2.24) is 4.90 Å². The monoisotopic (exact) mass is 475 g/mol. The third-order valence-corrected chi connectivity index (χ3v) is 7.95. The van der Waals surface area contributed by atoms with Gasteiger partial charge in [-0.2, -0.15) is 0 Å². The molecule has 3 aromatic carbocycles. The molecule has 170 valence electrons. The van der Waals surface area contributed by atoms with Crippen LogP contribution in [0, 0.1) is 0 Å². The van der Waals surface area contributed by atoms with E-state index in [2.05, 4.69) is 66.5 Å². The minimum Gasteiger partial charge on any atom is -0.299 e. The van der Waals surface area contributed by atoms with E-state index in [0.717, 1.165) is 29.0 Å². The number of thiophene rings is 1. The zero-order valence-corrected chi connectivity index (χ0v) is 20.6. The van der Waals surface area contributed by atoms with E-state index in [0.29, 0.717) is 9.90 Å². The lowest BCUT2D eigenvalue weighted by molar-refractivity contribution is 0.112. The molecule has 0 spiro atoms. The number of halogens is 1. The second-order valence-electron chi connectivity index (χ2n) is 8.67. The SMILES string of the molecule is CN(Cc1cccc(-c2ccccc2)c1)C1CCCCC1.O=Cc1sc2ccccc2c1Cl. The van der Waals surface area contributed by atoms with Crippen LogP contribution in [0.25, 0.3) is 21.2 Å². The fourth-order valence-corrected chi connectivity index (χ4v) is 5.82. The number of fused-ring (bicyclic) bond motifs is 1. The van der Waals surface area contributed by atoms with Crippen LogP contribution in [-0.4, -0.2) is 24.3 Å². The van der Waals surface area contributed by atoms with Gasteiger partial charge in [0.15, 0.2) is 6.29 Å². The number of aldehydes is 1. The fourth-order valence-electron chi connectivity index (χ4n) is 4.53. The van der Waals surface area contributed by atoms with E-state index in [-0.39, 0.29) is 0 Å². The van der Waals surface area contributed by atoms with Gasteiger partial charge in [0.2, 0.25) is 0 Å². The molecule has 0 amide bonds. The highest BCUT2D eigenvalue weighted by Crippen LogP contribution is 2.33. The second kappa shape index (κ2) is 11.6. The number of rotatable bonds is 5. The summed E-state index contributed by atoms with van der Waals surface area (Å²) in [6.45, 7) is 1.06. The van der Waals surface area contributed by atoms with Gasteiger partial charge in [-0.1, -0.05) is 97.6 Å². The number of hydrogen-bond donors (Lipinski definition) is 0. The molecule has 33 heavy (non-hydrogen) atoms. The van der Waals surface area contributed by atoms with Crippen molar-refractivity contribution in [1.29, 1.82) is 0 Å². The van der Waals surface area contributed by atoms with Crippen LogP contribution in [0.5, 0.6) is 0 Å². The molecule has 0 atom stereocenters. The first kappa shape index (κ1) is 23.7. The van der Waals surface area contributed by atoms with Crippen molar-refractivity contribution >= 4 is 39.3 Å². The summed E-state index contributed by atoms with van der Waals surface area (Å²) in [5.41, 5.74) is 4.05. The van der Waals surface area contributed by atoms with Gasteiger partial charge in [-0.15, -0.1) is 11.3 Å². The summed E-state index contributed by atoms with van der Waals surface area (Å²) in [6.07, 6.45) is 7.77. The van der Waals surface area contributed by atoms with Crippen molar-refractivity contribution in [2.75, 3.05) is 7.05 Å². The Morgan fingerprint density at radius 1 is 0.909 bits per heavy atom. The van der Waals surface area contributed by atoms with Crippen LogP contribution in [-0.2, 0) is 6.54 Å². The minimum absolute atomic E-state index is 0.575. The molecule has 5 rings (SSSR count). The Kier molecular flexibility index (Phi) is 8.33. The van der Waals surface area contributed by atoms with Crippen molar-refractivity contribution in [3.05, 3.63) is 94.3 Å². The maximum atomic E-state index is 10.5. The molecule has 1 saturated carbocycles. The molecule has 1 aliphatic carbocycles. The third-order valence-electron chi connectivity index (χ3n) is 6.33. The highest BCUT2D eigenvalue weighted by molar-refractivity contribution is 7.21. The van der Waals surface area contributed by atoms with Crippen LogP contribution >= 0.6 is 22.9 Å². The van der Waals surface area contributed by atoms with Gasteiger partial charge in [-0.05, 0) is 48.7 Å². The Morgan fingerprint density at radius 2 is 1.61 bits per heavy atom. The first-order valence-electron chi connectivity index (χ1n) is 11.6. The van der Waals surface area contributed by atoms with Gasteiger partial charge >= 0.3 is 0 Å². The van der Waals surface area contributed by atoms with Crippen molar-refractivity contribution in [3.63, 3.8) is 0 Å². The first-order chi connectivity index (χ1) is 16.2. The van der Waals surface area contributed by atoms with Gasteiger partial charge in [0.1, 0.15) is 0 Å². The summed E-state index contributed by atoms with van der Waals surface area (Å²) in [5, 5.41) is 1.54. The van der Waals surface area contributed by atoms with Gasteiger partial charge in [0.05, 0.1) is 9.90 Å². The summed E-state index contributed by atoms with van der Waals surface area (Å²) in [4.78, 5) is 13.7. The number of carbonyl (C=O) groups is 1. The molecule has 2 nitrogen and oxygen atoms in total. The second-order valence-corrected chi connectivity index (χ2v) is 10.1. The number of nitrogens with zero attached hydrogens (tertiary/aromatic N) is 1. The predicted molar refractivity (Wildman–Crippen MR) is 142 cm³/mol. The third kappa shape index (κ3) is 6.11. The Bertz CT molecular complexity index is 1180. The summed E-state index contributed by atoms with van der Waals surface area (Å²) in [6, 6.07) is 28.1. The van der Waals surface area contributed by atoms with E-state index >= 15 is 0 Å². The van der Waals surface area contributed by atoms with E-state index in [1.165, 1.54) is 60.1 Å². The predicted octanol–water partition coefficient (Wildman–Crippen LogP) is 8.49. The first-order valence-corrected chi connectivity index (χ1v) is 12.8. The van der Waals surface area contributed by atoms with Crippen molar-refractivity contribution in [2.45, 2.75) is 44.7 Å². The highest BCUT2D eigenvalue weighted by Gasteiger charge is 2.18. The average molecular weight is 476 g/mol. The van der Waals surface area contributed by atoms with Crippen LogP contribution in [0.15, 0.2) is 78.9 Å². The van der Waals surface area contributed by atoms with Gasteiger partial charge in [-0.25, -0.2) is 0 Å². The van der Waals surface area contributed by atoms with Crippen molar-refractivity contribution < 1.29 is 4.79 Å². The molecule has 0 radical (unpaired) electrons. The zero-order chi connectivity index (χ0) is 23.0. The number of benzene rings is 3. The molecular formula is C29H30ClNOS. The summed E-state index contributed by atoms with van der Waals surface area (Å²) < 4.78 is 1.06. The van der Waals surface area contributed by atoms with Crippen LogP contribution in [0.3, 0.4) is 0 Å². The van der Waals surface area contributed by atoms with Crippen LogP contribution in [0.4, 0.5) is 0 Å². The molecule has 1 fully saturated rings. The Hall–Kier alpha value is -2.46. The van der Waals surface area contributed by atoms with Gasteiger partial charge in [0.25, 0.3) is 0 Å². The molecule has 4 aromatic rings. The normalized spacial score (nSPS) is 14.2. The van der Waals surface area contributed by atoms with Crippen molar-refractivity contribution in [3.8, 4) is 11.1 Å². The highest BCUT2D eigenvalue weighted by atomic mass is 35.5. The summed E-state index contributed by atoms with van der Waals surface area (Å²) in [5.74, 6) is 0. The lowest BCUT2D eigenvalue weighted by Crippen LogP contribution is -2.32. The lowest BCUT2D eigenvalue weighted by atomic mass is 9.94. The zero-order valence-electron chi connectivity index (χ0n) is 19.0. The maximum Gasteiger partial charge on any atom is 0.161 e. The molecular weight excluding hydrogens is 446 g/mol. The summed E-state index contributed by atoms with van der Waals surface area (Å²) in [7, 11) is 2.28. The van der Waals surface area contributed by atoms with Crippen LogP contribution in [0.1, 0.15) is 47.3 Å². The van der Waals surface area contributed by atoms with Crippen LogP contribution in [0.2, 0.25) is 5.02 Å². The van der Waals surface area contributed by atoms with E-state index in [1.807, 2.05) is 24.3 Å². The van der Waals surface area contributed by atoms with Gasteiger partial charge < -0.3 is 0 Å². The van der Waals surface area contributed by atoms with E-state index in [9.17, 15) is 4.79 Å². The molecule has 0 unspecified atom stereocenters. The molecule has 0 aliphatic heterocycles. The largest absolute Gasteiger partial charge is 0.299 e.